The number of hydrogen-bond acceptors (Lipinski definition) is 9. The third-order valence-corrected chi connectivity index (χ3v) is 9.22. The third-order valence-electron chi connectivity index (χ3n) is 8.08. The van der Waals surface area contributed by atoms with Crippen LogP contribution in [0.2, 0.25) is 0 Å². The lowest BCUT2D eigenvalue weighted by Gasteiger charge is -2.47. The number of halogens is 1. The van der Waals surface area contributed by atoms with E-state index >= 15 is 4.39 Å². The van der Waals surface area contributed by atoms with Crippen LogP contribution in [-0.4, -0.2) is 60.5 Å². The highest BCUT2D eigenvalue weighted by Crippen LogP contribution is 2.48. The number of benzene rings is 2. The van der Waals surface area contributed by atoms with Gasteiger partial charge in [0.2, 0.25) is 18.0 Å². The first kappa shape index (κ1) is 25.9. The van der Waals surface area contributed by atoms with Gasteiger partial charge in [-0.1, -0.05) is 18.2 Å². The summed E-state index contributed by atoms with van der Waals surface area (Å²) in [6.45, 7) is 0.0376. The fourth-order valence-corrected chi connectivity index (χ4v) is 7.04. The number of nitrogens with one attached hydrogen (secondary N) is 1. The Bertz CT molecular complexity index is 1650. The lowest BCUT2D eigenvalue weighted by Crippen LogP contribution is -2.64. The first-order valence-corrected chi connectivity index (χ1v) is 14.2. The first-order valence-electron chi connectivity index (χ1n) is 13.2. The smallest absolute Gasteiger partial charge is 0.451 e. The number of thioether (sulfide) groups is 1. The number of rotatable bonds is 4. The summed E-state index contributed by atoms with van der Waals surface area (Å²) in [6.07, 6.45) is 0.547. The quantitative estimate of drug-likeness (QED) is 0.364. The van der Waals surface area contributed by atoms with Gasteiger partial charge in [0.05, 0.1) is 31.6 Å². The molecule has 7 rings (SSSR count). The molecule has 1 saturated heterocycles. The van der Waals surface area contributed by atoms with Gasteiger partial charge in [-0.25, -0.2) is 13.9 Å². The molecule has 1 atom stereocenters. The molecule has 12 heteroatoms. The number of carbonyl (C=O) groups is 2. The molecule has 2 aromatic carbocycles. The van der Waals surface area contributed by atoms with Gasteiger partial charge in [-0.15, -0.1) is 11.8 Å². The van der Waals surface area contributed by atoms with Crippen LogP contribution in [0.5, 0.6) is 5.75 Å². The Balaban J connectivity index is 1.40. The van der Waals surface area contributed by atoms with E-state index in [2.05, 4.69) is 10.2 Å². The summed E-state index contributed by atoms with van der Waals surface area (Å²) >= 11 is 1.57. The number of fused-ring (bicyclic) bond motifs is 5. The van der Waals surface area contributed by atoms with Gasteiger partial charge in [-0.05, 0) is 48.6 Å². The predicted molar refractivity (Wildman–Crippen MR) is 146 cm³/mol. The Morgan fingerprint density at radius 1 is 1.20 bits per heavy atom. The standard InChI is InChI=1S/C29H26FN3O7S/c1-37-28(36)40-15-39-26-22(34)11-21(33-25(26)27(35)32-24(31-33)12-38-14-29(32)8-9-29)17-6-7-20(30)19-13-41-23-5-3-2-4-16(23)10-18(17)19/h2-7,11,24,31H,8-10,12-15H2,1H3/t24-/m0/s1. The molecule has 1 aromatic heterocycles. The molecule has 1 aliphatic carbocycles. The molecule has 1 saturated carbocycles. The highest BCUT2D eigenvalue weighted by Gasteiger charge is 2.58. The number of nitrogens with zero attached hydrogens (tertiary/aromatic N) is 2. The Labute approximate surface area is 238 Å². The van der Waals surface area contributed by atoms with Gasteiger partial charge in [0, 0.05) is 27.8 Å². The van der Waals surface area contributed by atoms with Gasteiger partial charge in [0.25, 0.3) is 5.91 Å². The topological polar surface area (TPSA) is 108 Å². The van der Waals surface area contributed by atoms with Crippen LogP contribution in [-0.2, 0) is 26.4 Å². The van der Waals surface area contributed by atoms with Crippen LogP contribution in [0.3, 0.4) is 0 Å². The SMILES string of the molecule is COC(=O)OCOc1c2n(c(-c3ccc(F)c4c3Cc3ccccc3SC4)cc1=O)N[C@@H]1COCC3(CC3)N1C2=O. The average molecular weight is 580 g/mol. The molecule has 1 amide bonds. The number of carbonyl (C=O) groups excluding carboxylic acids is 2. The molecule has 0 radical (unpaired) electrons. The number of ether oxygens (including phenoxy) is 4. The number of methoxy groups -OCH3 is 1. The van der Waals surface area contributed by atoms with E-state index in [4.69, 9.17) is 14.2 Å². The molecule has 41 heavy (non-hydrogen) atoms. The number of amides is 1. The van der Waals surface area contributed by atoms with E-state index in [1.54, 1.807) is 27.4 Å². The number of morpholine rings is 1. The summed E-state index contributed by atoms with van der Waals surface area (Å²) < 4.78 is 37.5. The molecule has 4 aliphatic rings. The third kappa shape index (κ3) is 4.24. The van der Waals surface area contributed by atoms with Crippen LogP contribution >= 0.6 is 11.8 Å². The summed E-state index contributed by atoms with van der Waals surface area (Å²) in [7, 11) is 1.15. The van der Waals surface area contributed by atoms with Crippen molar-refractivity contribution in [2.24, 2.45) is 0 Å². The van der Waals surface area contributed by atoms with E-state index in [-0.39, 0.29) is 23.9 Å². The maximum absolute atomic E-state index is 15.2. The lowest BCUT2D eigenvalue weighted by atomic mass is 9.92. The lowest BCUT2D eigenvalue weighted by molar-refractivity contribution is -0.0467. The largest absolute Gasteiger partial charge is 0.510 e. The number of hydrogen-bond donors (Lipinski definition) is 1. The molecule has 3 aromatic rings. The van der Waals surface area contributed by atoms with Crippen LogP contribution in [0.15, 0.2) is 52.2 Å². The van der Waals surface area contributed by atoms with Crippen molar-refractivity contribution in [3.05, 3.63) is 80.9 Å². The van der Waals surface area contributed by atoms with Gasteiger partial charge in [-0.2, -0.15) is 0 Å². The van der Waals surface area contributed by atoms with Crippen LogP contribution in [0.4, 0.5) is 9.18 Å². The molecule has 212 valence electrons. The van der Waals surface area contributed by atoms with Crippen molar-refractivity contribution in [3.63, 3.8) is 0 Å². The van der Waals surface area contributed by atoms with E-state index in [9.17, 15) is 14.4 Å². The molecule has 2 fully saturated rings. The van der Waals surface area contributed by atoms with E-state index in [0.717, 1.165) is 36.0 Å². The number of pyridine rings is 1. The zero-order valence-corrected chi connectivity index (χ0v) is 22.9. The molecule has 0 bridgehead atoms. The zero-order valence-electron chi connectivity index (χ0n) is 22.1. The second-order valence-corrected chi connectivity index (χ2v) is 11.5. The van der Waals surface area contributed by atoms with Gasteiger partial charge < -0.3 is 29.3 Å². The molecule has 3 aliphatic heterocycles. The van der Waals surface area contributed by atoms with Gasteiger partial charge >= 0.3 is 6.16 Å². The first-order chi connectivity index (χ1) is 19.9. The van der Waals surface area contributed by atoms with E-state index in [0.29, 0.717) is 35.6 Å². The minimum Gasteiger partial charge on any atom is -0.451 e. The second-order valence-electron chi connectivity index (χ2n) is 10.5. The van der Waals surface area contributed by atoms with Crippen LogP contribution in [0, 0.1) is 5.82 Å². The summed E-state index contributed by atoms with van der Waals surface area (Å²) in [5, 5.41) is 0. The minimum atomic E-state index is -0.989. The van der Waals surface area contributed by atoms with E-state index in [1.165, 1.54) is 12.1 Å². The van der Waals surface area contributed by atoms with E-state index in [1.807, 2.05) is 24.3 Å². The Morgan fingerprint density at radius 2 is 2.02 bits per heavy atom. The summed E-state index contributed by atoms with van der Waals surface area (Å²) in [5.41, 5.74) is 5.70. The Morgan fingerprint density at radius 3 is 2.83 bits per heavy atom. The van der Waals surface area contributed by atoms with Crippen molar-refractivity contribution in [2.45, 2.75) is 41.6 Å². The Hall–Kier alpha value is -4.03. The zero-order chi connectivity index (χ0) is 28.3. The second kappa shape index (κ2) is 9.81. The fraction of sp³-hybridized carbons (Fsp3) is 0.345. The molecule has 10 nitrogen and oxygen atoms in total. The predicted octanol–water partition coefficient (Wildman–Crippen LogP) is 3.86. The molecular formula is C29H26FN3O7S. The van der Waals surface area contributed by atoms with Crippen LogP contribution < -0.4 is 15.6 Å². The van der Waals surface area contributed by atoms with Crippen LogP contribution in [0.1, 0.15) is 40.0 Å². The van der Waals surface area contributed by atoms with E-state index < -0.39 is 36.0 Å². The maximum atomic E-state index is 15.2. The minimum absolute atomic E-state index is 0.0214. The number of aromatic nitrogens is 1. The van der Waals surface area contributed by atoms with Gasteiger partial charge in [0.1, 0.15) is 12.0 Å². The fourth-order valence-electron chi connectivity index (χ4n) is 5.93. The van der Waals surface area contributed by atoms with Crippen molar-refractivity contribution < 1.29 is 32.9 Å². The molecule has 4 heterocycles. The molecule has 1 spiro atoms. The maximum Gasteiger partial charge on any atom is 0.510 e. The molecule has 0 unspecified atom stereocenters. The molecule has 1 N–H and O–H groups in total. The normalized spacial score (nSPS) is 19.6. The van der Waals surface area contributed by atoms with Gasteiger partial charge in [0.15, 0.2) is 5.69 Å². The van der Waals surface area contributed by atoms with Crippen molar-refractivity contribution in [3.8, 4) is 17.0 Å². The van der Waals surface area contributed by atoms with Crippen molar-refractivity contribution in [1.29, 1.82) is 0 Å². The van der Waals surface area contributed by atoms with Crippen molar-refractivity contribution in [1.82, 2.24) is 9.58 Å². The summed E-state index contributed by atoms with van der Waals surface area (Å²) in [5.74, 6) is -0.550. The molecular weight excluding hydrogens is 553 g/mol. The Kier molecular flexibility index (Phi) is 6.20. The van der Waals surface area contributed by atoms with Crippen molar-refractivity contribution in [2.75, 3.05) is 32.5 Å². The van der Waals surface area contributed by atoms with Crippen molar-refractivity contribution >= 4 is 23.8 Å². The highest BCUT2D eigenvalue weighted by molar-refractivity contribution is 7.98. The van der Waals surface area contributed by atoms with Crippen LogP contribution in [0.25, 0.3) is 11.3 Å². The highest BCUT2D eigenvalue weighted by atomic mass is 32.2. The summed E-state index contributed by atoms with van der Waals surface area (Å²) in [6, 6.07) is 12.3. The average Bonchev–Trinajstić information content (AvgIpc) is 3.76. The van der Waals surface area contributed by atoms with Gasteiger partial charge in [-0.3, -0.25) is 9.59 Å². The monoisotopic (exact) mass is 579 g/mol. The summed E-state index contributed by atoms with van der Waals surface area (Å²) in [4.78, 5) is 42.1.